The Hall–Kier alpha value is -2.87. The summed E-state index contributed by atoms with van der Waals surface area (Å²) < 4.78 is 26.7. The van der Waals surface area contributed by atoms with Crippen LogP contribution in [-0.2, 0) is 26.2 Å². The van der Waals surface area contributed by atoms with Crippen molar-refractivity contribution in [1.29, 1.82) is 0 Å². The van der Waals surface area contributed by atoms with Crippen molar-refractivity contribution in [2.45, 2.75) is 97.7 Å². The summed E-state index contributed by atoms with van der Waals surface area (Å²) in [7, 11) is -3.53. The third-order valence-corrected chi connectivity index (χ3v) is 8.78. The molecule has 1 saturated carbocycles. The lowest BCUT2D eigenvalue weighted by atomic mass is 9.95. The smallest absolute Gasteiger partial charge is 0.243 e. The van der Waals surface area contributed by atoms with Crippen LogP contribution in [0, 0.1) is 20.8 Å². The number of benzene rings is 2. The normalized spacial score (nSPS) is 15.0. The van der Waals surface area contributed by atoms with Crippen LogP contribution >= 0.6 is 0 Å². The fraction of sp³-hybridized carbons (Fsp3) is 0.548. The molecule has 39 heavy (non-hydrogen) atoms. The summed E-state index contributed by atoms with van der Waals surface area (Å²) in [6.07, 6.45) is 7.60. The van der Waals surface area contributed by atoms with Gasteiger partial charge in [0, 0.05) is 25.6 Å². The lowest BCUT2D eigenvalue weighted by molar-refractivity contribution is -0.141. The lowest BCUT2D eigenvalue weighted by Crippen LogP contribution is -2.51. The van der Waals surface area contributed by atoms with E-state index < -0.39 is 16.1 Å². The molecule has 8 heteroatoms. The molecule has 0 saturated heterocycles. The van der Waals surface area contributed by atoms with Crippen molar-refractivity contribution in [2.75, 3.05) is 17.1 Å². The molecule has 0 spiro atoms. The van der Waals surface area contributed by atoms with Crippen molar-refractivity contribution in [2.24, 2.45) is 0 Å². The van der Waals surface area contributed by atoms with Crippen LogP contribution in [0.2, 0.25) is 0 Å². The Morgan fingerprint density at radius 2 is 1.64 bits per heavy atom. The molecule has 0 aromatic heterocycles. The molecule has 0 unspecified atom stereocenters. The van der Waals surface area contributed by atoms with Gasteiger partial charge in [-0.25, -0.2) is 8.42 Å². The van der Waals surface area contributed by atoms with Gasteiger partial charge in [0.15, 0.2) is 0 Å². The Morgan fingerprint density at radius 3 is 2.23 bits per heavy atom. The standard InChI is InChI=1S/C31H45N3O4S/c1-6-29(31(36)32-27-15-8-7-9-16-27)33(22-26-14-11-10-13-25(26)4)30(35)17-12-18-34(39(5,37)38)28-20-23(2)19-24(3)21-28/h10-11,13-14,19-21,27,29H,6-9,12,15-18,22H2,1-5H3,(H,32,36)/t29-/m0/s1. The molecule has 0 aliphatic heterocycles. The van der Waals surface area contributed by atoms with Gasteiger partial charge in [0.1, 0.15) is 6.04 Å². The first-order chi connectivity index (χ1) is 18.5. The van der Waals surface area contributed by atoms with E-state index in [0.717, 1.165) is 47.9 Å². The molecular formula is C31H45N3O4S. The maximum Gasteiger partial charge on any atom is 0.243 e. The topological polar surface area (TPSA) is 86.8 Å². The first-order valence-corrected chi connectivity index (χ1v) is 16.0. The van der Waals surface area contributed by atoms with E-state index in [4.69, 9.17) is 0 Å². The molecule has 2 aromatic rings. The van der Waals surface area contributed by atoms with E-state index in [2.05, 4.69) is 5.32 Å². The van der Waals surface area contributed by atoms with Gasteiger partial charge in [-0.1, -0.05) is 56.5 Å². The van der Waals surface area contributed by atoms with Gasteiger partial charge in [-0.05, 0) is 80.8 Å². The maximum atomic E-state index is 13.7. The molecule has 2 amide bonds. The Morgan fingerprint density at radius 1 is 1.00 bits per heavy atom. The number of carbonyl (C=O) groups excluding carboxylic acids is 2. The van der Waals surface area contributed by atoms with E-state index in [-0.39, 0.29) is 30.8 Å². The van der Waals surface area contributed by atoms with Crippen LogP contribution in [0.3, 0.4) is 0 Å². The van der Waals surface area contributed by atoms with Gasteiger partial charge in [0.2, 0.25) is 21.8 Å². The Balaban J connectivity index is 1.78. The molecule has 2 aromatic carbocycles. The molecular weight excluding hydrogens is 510 g/mol. The Labute approximate surface area is 235 Å². The highest BCUT2D eigenvalue weighted by molar-refractivity contribution is 7.92. The van der Waals surface area contributed by atoms with Gasteiger partial charge in [-0.3, -0.25) is 13.9 Å². The van der Waals surface area contributed by atoms with Gasteiger partial charge in [0.25, 0.3) is 0 Å². The minimum atomic E-state index is -3.53. The van der Waals surface area contributed by atoms with E-state index in [0.29, 0.717) is 25.1 Å². The van der Waals surface area contributed by atoms with Crippen LogP contribution in [-0.4, -0.2) is 50.0 Å². The second-order valence-corrected chi connectivity index (χ2v) is 12.9. The zero-order valence-corrected chi connectivity index (χ0v) is 25.0. The van der Waals surface area contributed by atoms with Crippen LogP contribution in [0.1, 0.15) is 80.5 Å². The molecule has 1 aliphatic rings. The number of aryl methyl sites for hydroxylation is 3. The van der Waals surface area contributed by atoms with Gasteiger partial charge >= 0.3 is 0 Å². The third kappa shape index (κ3) is 8.82. The van der Waals surface area contributed by atoms with Crippen molar-refractivity contribution in [3.63, 3.8) is 0 Å². The lowest BCUT2D eigenvalue weighted by Gasteiger charge is -2.33. The maximum absolute atomic E-state index is 13.7. The van der Waals surface area contributed by atoms with Crippen molar-refractivity contribution >= 4 is 27.5 Å². The zero-order valence-electron chi connectivity index (χ0n) is 24.2. The fourth-order valence-electron chi connectivity index (χ4n) is 5.53. The molecule has 214 valence electrons. The summed E-state index contributed by atoms with van der Waals surface area (Å²) in [5, 5.41) is 3.21. The Kier molecular flexibility index (Phi) is 11.0. The van der Waals surface area contributed by atoms with Crippen molar-refractivity contribution in [1.82, 2.24) is 10.2 Å². The monoisotopic (exact) mass is 555 g/mol. The molecule has 1 atom stereocenters. The summed E-state index contributed by atoms with van der Waals surface area (Å²) in [5.74, 6) is -0.239. The van der Waals surface area contributed by atoms with Crippen LogP contribution in [0.5, 0.6) is 0 Å². The number of anilines is 1. The third-order valence-electron chi connectivity index (χ3n) is 7.59. The first kappa shape index (κ1) is 30.7. The largest absolute Gasteiger partial charge is 0.352 e. The predicted molar refractivity (Wildman–Crippen MR) is 158 cm³/mol. The molecule has 1 fully saturated rings. The molecule has 0 radical (unpaired) electrons. The molecule has 1 aliphatic carbocycles. The predicted octanol–water partition coefficient (Wildman–Crippen LogP) is 5.41. The van der Waals surface area contributed by atoms with Gasteiger partial charge < -0.3 is 10.2 Å². The number of nitrogens with zero attached hydrogens (tertiary/aromatic N) is 2. The number of rotatable bonds is 12. The van der Waals surface area contributed by atoms with Gasteiger partial charge in [-0.2, -0.15) is 0 Å². The van der Waals surface area contributed by atoms with Crippen molar-refractivity contribution in [3.05, 3.63) is 64.7 Å². The Bertz CT molecular complexity index is 1220. The highest BCUT2D eigenvalue weighted by Gasteiger charge is 2.30. The molecule has 0 bridgehead atoms. The number of hydrogen-bond donors (Lipinski definition) is 1. The number of hydrogen-bond acceptors (Lipinski definition) is 4. The second kappa shape index (κ2) is 14.0. The van der Waals surface area contributed by atoms with Crippen LogP contribution in [0.4, 0.5) is 5.69 Å². The SMILES string of the molecule is CC[C@@H](C(=O)NC1CCCCC1)N(Cc1ccccc1C)C(=O)CCCN(c1cc(C)cc(C)c1)S(C)(=O)=O. The molecule has 1 N–H and O–H groups in total. The second-order valence-electron chi connectivity index (χ2n) is 11.0. The van der Waals surface area contributed by atoms with Gasteiger partial charge in [0.05, 0.1) is 11.9 Å². The first-order valence-electron chi connectivity index (χ1n) is 14.2. The number of amides is 2. The summed E-state index contributed by atoms with van der Waals surface area (Å²) in [4.78, 5) is 28.8. The number of carbonyl (C=O) groups is 2. The fourth-order valence-corrected chi connectivity index (χ4v) is 6.48. The average molecular weight is 556 g/mol. The summed E-state index contributed by atoms with van der Waals surface area (Å²) in [6, 6.07) is 13.2. The minimum absolute atomic E-state index is 0.0978. The van der Waals surface area contributed by atoms with E-state index in [1.165, 1.54) is 17.0 Å². The highest BCUT2D eigenvalue weighted by atomic mass is 32.2. The van der Waals surface area contributed by atoms with E-state index in [1.54, 1.807) is 4.90 Å². The zero-order chi connectivity index (χ0) is 28.6. The summed E-state index contributed by atoms with van der Waals surface area (Å²) in [6.45, 7) is 8.36. The summed E-state index contributed by atoms with van der Waals surface area (Å²) in [5.41, 5.74) is 4.64. The van der Waals surface area contributed by atoms with Crippen molar-refractivity contribution in [3.8, 4) is 0 Å². The highest BCUT2D eigenvalue weighted by Crippen LogP contribution is 2.23. The summed E-state index contributed by atoms with van der Waals surface area (Å²) >= 11 is 0. The van der Waals surface area contributed by atoms with Crippen LogP contribution in [0.15, 0.2) is 42.5 Å². The number of nitrogens with one attached hydrogen (secondary N) is 1. The van der Waals surface area contributed by atoms with E-state index in [1.807, 2.05) is 70.2 Å². The number of sulfonamides is 1. The van der Waals surface area contributed by atoms with Crippen LogP contribution < -0.4 is 9.62 Å². The van der Waals surface area contributed by atoms with Gasteiger partial charge in [-0.15, -0.1) is 0 Å². The van der Waals surface area contributed by atoms with E-state index >= 15 is 0 Å². The average Bonchev–Trinajstić information content (AvgIpc) is 2.86. The molecule has 3 rings (SSSR count). The minimum Gasteiger partial charge on any atom is -0.352 e. The quantitative estimate of drug-likeness (QED) is 0.379. The van der Waals surface area contributed by atoms with Crippen molar-refractivity contribution < 1.29 is 18.0 Å². The molecule has 0 heterocycles. The van der Waals surface area contributed by atoms with E-state index in [9.17, 15) is 18.0 Å². The molecule has 7 nitrogen and oxygen atoms in total. The van der Waals surface area contributed by atoms with Crippen LogP contribution in [0.25, 0.3) is 0 Å².